The molecule has 0 bridgehead atoms. The average molecular weight is 345 g/mol. The molecule has 1 amide bonds. The van der Waals surface area contributed by atoms with Crippen molar-refractivity contribution in [3.8, 4) is 11.3 Å². The van der Waals surface area contributed by atoms with Crippen molar-refractivity contribution < 1.29 is 13.6 Å². The SMILES string of the molecule is O=C(CCc1nc(-c2ccncc2)cs1)Nc1ccc(F)c(F)c1. The van der Waals surface area contributed by atoms with Crippen molar-refractivity contribution in [3.05, 3.63) is 64.7 Å². The number of carbonyl (C=O) groups excluding carboxylic acids is 1. The Morgan fingerprint density at radius 2 is 1.92 bits per heavy atom. The average Bonchev–Trinajstić information content (AvgIpc) is 3.06. The first-order chi connectivity index (χ1) is 11.6. The Labute approximate surface area is 141 Å². The standard InChI is InChI=1S/C17H13F2N3OS/c18-13-2-1-12(9-14(13)19)21-16(23)3-4-17-22-15(10-24-17)11-5-7-20-8-6-11/h1-2,5-10H,3-4H2,(H,21,23). The molecule has 3 aromatic rings. The minimum atomic E-state index is -0.991. The summed E-state index contributed by atoms with van der Waals surface area (Å²) >= 11 is 1.48. The van der Waals surface area contributed by atoms with E-state index >= 15 is 0 Å². The van der Waals surface area contributed by atoms with Crippen LogP contribution in [0.4, 0.5) is 14.5 Å². The van der Waals surface area contributed by atoms with E-state index in [1.54, 1.807) is 12.4 Å². The molecular weight excluding hydrogens is 332 g/mol. The first-order valence-electron chi connectivity index (χ1n) is 7.21. The van der Waals surface area contributed by atoms with Gasteiger partial charge in [-0.25, -0.2) is 13.8 Å². The molecule has 0 fully saturated rings. The van der Waals surface area contributed by atoms with Crippen LogP contribution in [0.3, 0.4) is 0 Å². The molecule has 0 atom stereocenters. The third-order valence-corrected chi connectivity index (χ3v) is 4.21. The van der Waals surface area contributed by atoms with E-state index < -0.39 is 11.6 Å². The lowest BCUT2D eigenvalue weighted by atomic mass is 10.2. The van der Waals surface area contributed by atoms with E-state index in [-0.39, 0.29) is 18.0 Å². The lowest BCUT2D eigenvalue weighted by molar-refractivity contribution is -0.116. The number of nitrogens with one attached hydrogen (secondary N) is 1. The van der Waals surface area contributed by atoms with E-state index in [1.807, 2.05) is 17.5 Å². The number of thiazole rings is 1. The zero-order chi connectivity index (χ0) is 16.9. The van der Waals surface area contributed by atoms with Crippen molar-refractivity contribution in [1.29, 1.82) is 0 Å². The van der Waals surface area contributed by atoms with Gasteiger partial charge in [0.2, 0.25) is 5.91 Å². The second kappa shape index (κ2) is 7.27. The molecule has 0 aliphatic rings. The summed E-state index contributed by atoms with van der Waals surface area (Å²) in [6.45, 7) is 0. The van der Waals surface area contributed by atoms with Crippen molar-refractivity contribution in [3.63, 3.8) is 0 Å². The molecule has 0 unspecified atom stereocenters. The summed E-state index contributed by atoms with van der Waals surface area (Å²) in [6, 6.07) is 7.00. The van der Waals surface area contributed by atoms with Gasteiger partial charge in [0.15, 0.2) is 11.6 Å². The Morgan fingerprint density at radius 1 is 1.12 bits per heavy atom. The number of hydrogen-bond donors (Lipinski definition) is 1. The zero-order valence-electron chi connectivity index (χ0n) is 12.5. The molecule has 2 aromatic heterocycles. The summed E-state index contributed by atoms with van der Waals surface area (Å²) < 4.78 is 26.0. The highest BCUT2D eigenvalue weighted by Gasteiger charge is 2.09. The number of pyridine rings is 1. The highest BCUT2D eigenvalue weighted by Crippen LogP contribution is 2.22. The zero-order valence-corrected chi connectivity index (χ0v) is 13.3. The second-order valence-corrected chi connectivity index (χ2v) is 5.98. The number of amides is 1. The fourth-order valence-electron chi connectivity index (χ4n) is 2.10. The van der Waals surface area contributed by atoms with E-state index in [1.165, 1.54) is 17.4 Å². The van der Waals surface area contributed by atoms with E-state index in [2.05, 4.69) is 15.3 Å². The van der Waals surface area contributed by atoms with Gasteiger partial charge >= 0.3 is 0 Å². The fraction of sp³-hybridized carbons (Fsp3) is 0.118. The molecule has 0 spiro atoms. The van der Waals surface area contributed by atoms with Gasteiger partial charge in [0, 0.05) is 47.9 Å². The van der Waals surface area contributed by atoms with E-state index in [0.717, 1.165) is 28.4 Å². The molecule has 0 saturated heterocycles. The van der Waals surface area contributed by atoms with Crippen molar-refractivity contribution in [2.24, 2.45) is 0 Å². The molecule has 24 heavy (non-hydrogen) atoms. The summed E-state index contributed by atoms with van der Waals surface area (Å²) in [5, 5.41) is 5.31. The highest BCUT2D eigenvalue weighted by atomic mass is 32.1. The number of rotatable bonds is 5. The molecule has 0 aliphatic carbocycles. The summed E-state index contributed by atoms with van der Waals surface area (Å²) in [4.78, 5) is 20.3. The first-order valence-corrected chi connectivity index (χ1v) is 8.09. The monoisotopic (exact) mass is 345 g/mol. The molecule has 1 aromatic carbocycles. The van der Waals surface area contributed by atoms with Crippen LogP contribution in [0, 0.1) is 11.6 Å². The molecule has 0 saturated carbocycles. The Kier molecular flexibility index (Phi) is 4.90. The number of aromatic nitrogens is 2. The lowest BCUT2D eigenvalue weighted by Crippen LogP contribution is -2.12. The highest BCUT2D eigenvalue weighted by molar-refractivity contribution is 7.09. The minimum Gasteiger partial charge on any atom is -0.326 e. The molecule has 0 aliphatic heterocycles. The topological polar surface area (TPSA) is 54.9 Å². The fourth-order valence-corrected chi connectivity index (χ4v) is 2.91. The van der Waals surface area contributed by atoms with E-state index in [0.29, 0.717) is 6.42 Å². The van der Waals surface area contributed by atoms with Crippen LogP contribution in [0.2, 0.25) is 0 Å². The van der Waals surface area contributed by atoms with Gasteiger partial charge in [-0.1, -0.05) is 0 Å². The Morgan fingerprint density at radius 3 is 2.67 bits per heavy atom. The van der Waals surface area contributed by atoms with Crippen LogP contribution in [0.1, 0.15) is 11.4 Å². The van der Waals surface area contributed by atoms with E-state index in [9.17, 15) is 13.6 Å². The van der Waals surface area contributed by atoms with E-state index in [4.69, 9.17) is 0 Å². The largest absolute Gasteiger partial charge is 0.326 e. The molecule has 0 radical (unpaired) electrons. The number of anilines is 1. The van der Waals surface area contributed by atoms with Crippen LogP contribution >= 0.6 is 11.3 Å². The summed E-state index contributed by atoms with van der Waals surface area (Å²) in [5.74, 6) is -2.21. The number of hydrogen-bond acceptors (Lipinski definition) is 4. The third kappa shape index (κ3) is 3.99. The predicted molar refractivity (Wildman–Crippen MR) is 88.7 cm³/mol. The third-order valence-electron chi connectivity index (χ3n) is 3.30. The molecule has 122 valence electrons. The van der Waals surface area contributed by atoms with Crippen molar-refractivity contribution in [1.82, 2.24) is 9.97 Å². The smallest absolute Gasteiger partial charge is 0.224 e. The van der Waals surface area contributed by atoms with Gasteiger partial charge in [-0.15, -0.1) is 11.3 Å². The molecule has 4 nitrogen and oxygen atoms in total. The van der Waals surface area contributed by atoms with Gasteiger partial charge in [-0.3, -0.25) is 9.78 Å². The maximum Gasteiger partial charge on any atom is 0.224 e. The Hall–Kier alpha value is -2.67. The van der Waals surface area contributed by atoms with Gasteiger partial charge in [0.1, 0.15) is 0 Å². The number of benzene rings is 1. The van der Waals surface area contributed by atoms with Crippen LogP contribution in [-0.2, 0) is 11.2 Å². The van der Waals surface area contributed by atoms with Crippen LogP contribution < -0.4 is 5.32 Å². The number of carbonyl (C=O) groups is 1. The maximum absolute atomic E-state index is 13.1. The van der Waals surface area contributed by atoms with Crippen LogP contribution in [-0.4, -0.2) is 15.9 Å². The Bertz CT molecular complexity index is 852. The quantitative estimate of drug-likeness (QED) is 0.759. The minimum absolute atomic E-state index is 0.211. The summed E-state index contributed by atoms with van der Waals surface area (Å²) in [7, 11) is 0. The summed E-state index contributed by atoms with van der Waals surface area (Å²) in [5.41, 5.74) is 2.05. The molecule has 1 N–H and O–H groups in total. The molecule has 7 heteroatoms. The number of nitrogens with zero attached hydrogens (tertiary/aromatic N) is 2. The van der Waals surface area contributed by atoms with Gasteiger partial charge in [-0.2, -0.15) is 0 Å². The van der Waals surface area contributed by atoms with Gasteiger partial charge in [0.25, 0.3) is 0 Å². The van der Waals surface area contributed by atoms with Gasteiger partial charge < -0.3 is 5.32 Å². The van der Waals surface area contributed by atoms with Crippen molar-refractivity contribution >= 4 is 22.9 Å². The predicted octanol–water partition coefficient (Wildman–Crippen LogP) is 4.05. The molecular formula is C17H13F2N3OS. The van der Waals surface area contributed by atoms with Crippen molar-refractivity contribution in [2.75, 3.05) is 5.32 Å². The second-order valence-electron chi connectivity index (χ2n) is 5.04. The summed E-state index contributed by atoms with van der Waals surface area (Å²) in [6.07, 6.45) is 4.08. The number of aryl methyl sites for hydroxylation is 1. The molecule has 2 heterocycles. The normalized spacial score (nSPS) is 10.6. The van der Waals surface area contributed by atoms with Crippen LogP contribution in [0.15, 0.2) is 48.1 Å². The van der Waals surface area contributed by atoms with Gasteiger partial charge in [-0.05, 0) is 24.3 Å². The van der Waals surface area contributed by atoms with Crippen LogP contribution in [0.25, 0.3) is 11.3 Å². The van der Waals surface area contributed by atoms with Gasteiger partial charge in [0.05, 0.1) is 10.7 Å². The lowest BCUT2D eigenvalue weighted by Gasteiger charge is -2.04. The van der Waals surface area contributed by atoms with Crippen molar-refractivity contribution in [2.45, 2.75) is 12.8 Å². The maximum atomic E-state index is 13.1. The molecule has 3 rings (SSSR count). The number of halogens is 2. The Balaban J connectivity index is 1.56. The van der Waals surface area contributed by atoms with Crippen LogP contribution in [0.5, 0.6) is 0 Å². The first kappa shape index (κ1) is 16.2.